The number of benzene rings is 1. The minimum atomic E-state index is -2.71. The second-order valence-corrected chi connectivity index (χ2v) is 6.38. The number of phenols is 1. The molecule has 0 radical (unpaired) electrons. The third-order valence-corrected chi connectivity index (χ3v) is 4.07. The molecule has 24 heavy (non-hydrogen) atoms. The van der Waals surface area contributed by atoms with Crippen LogP contribution >= 0.6 is 0 Å². The molecule has 7 heteroatoms. The second kappa shape index (κ2) is 6.32. The zero-order valence-electron chi connectivity index (χ0n) is 13.6. The fourth-order valence-electron chi connectivity index (χ4n) is 3.13. The van der Waals surface area contributed by atoms with Crippen LogP contribution in [0.15, 0.2) is 30.3 Å². The van der Waals surface area contributed by atoms with Crippen molar-refractivity contribution in [2.24, 2.45) is 0 Å². The van der Waals surface area contributed by atoms with E-state index in [2.05, 4.69) is 15.5 Å². The Hall–Kier alpha value is -2.28. The SMILES string of the molecule is Cc1cc(N[C@H]2CN(C)CC(F)(F)C2)nnc1-c1ccccc1O. The molecule has 0 spiro atoms. The molecule has 2 heterocycles. The molecule has 1 aromatic carbocycles. The first kappa shape index (κ1) is 16.6. The molecule has 1 fully saturated rings. The van der Waals surface area contributed by atoms with Crippen LogP contribution in [-0.4, -0.2) is 52.3 Å². The van der Waals surface area contributed by atoms with Crippen molar-refractivity contribution in [3.05, 3.63) is 35.9 Å². The fraction of sp³-hybridized carbons (Fsp3) is 0.412. The number of likely N-dealkylation sites (tertiary alicyclic amines) is 1. The maximum Gasteiger partial charge on any atom is 0.262 e. The second-order valence-electron chi connectivity index (χ2n) is 6.38. The lowest BCUT2D eigenvalue weighted by Gasteiger charge is -2.35. The van der Waals surface area contributed by atoms with E-state index in [4.69, 9.17) is 0 Å². The summed E-state index contributed by atoms with van der Waals surface area (Å²) in [5.41, 5.74) is 1.98. The fourth-order valence-corrected chi connectivity index (χ4v) is 3.13. The maximum atomic E-state index is 13.7. The highest BCUT2D eigenvalue weighted by Crippen LogP contribution is 2.31. The van der Waals surface area contributed by atoms with Gasteiger partial charge in [0, 0.05) is 24.6 Å². The average molecular weight is 334 g/mol. The summed E-state index contributed by atoms with van der Waals surface area (Å²) in [6, 6.07) is 8.27. The van der Waals surface area contributed by atoms with Gasteiger partial charge in [-0.15, -0.1) is 10.2 Å². The summed E-state index contributed by atoms with van der Waals surface area (Å²) in [5, 5.41) is 21.2. The van der Waals surface area contributed by atoms with E-state index in [9.17, 15) is 13.9 Å². The molecule has 0 bridgehead atoms. The molecule has 128 valence electrons. The van der Waals surface area contributed by atoms with E-state index in [1.54, 1.807) is 36.2 Å². The van der Waals surface area contributed by atoms with E-state index in [0.29, 0.717) is 23.6 Å². The molecule has 2 aromatic rings. The Labute approximate surface area is 139 Å². The standard InChI is InChI=1S/C17H20F2N4O/c1-11-7-15(20-12-8-17(18,19)10-23(2)9-12)21-22-16(11)13-5-3-4-6-14(13)24/h3-7,12,24H,8-10H2,1-2H3,(H,20,21)/t12-/m1/s1. The molecule has 2 N–H and O–H groups in total. The highest BCUT2D eigenvalue weighted by molar-refractivity contribution is 5.69. The molecular weight excluding hydrogens is 314 g/mol. The first-order chi connectivity index (χ1) is 11.3. The maximum absolute atomic E-state index is 13.7. The van der Waals surface area contributed by atoms with E-state index < -0.39 is 5.92 Å². The molecule has 0 saturated carbocycles. The first-order valence-electron chi connectivity index (χ1n) is 7.80. The van der Waals surface area contributed by atoms with Gasteiger partial charge in [-0.2, -0.15) is 0 Å². The molecule has 1 aromatic heterocycles. The minimum Gasteiger partial charge on any atom is -0.507 e. The predicted molar refractivity (Wildman–Crippen MR) is 88.3 cm³/mol. The van der Waals surface area contributed by atoms with Crippen molar-refractivity contribution < 1.29 is 13.9 Å². The van der Waals surface area contributed by atoms with Crippen LogP contribution in [0.4, 0.5) is 14.6 Å². The molecule has 1 aliphatic rings. The minimum absolute atomic E-state index is 0.129. The number of alkyl halides is 2. The van der Waals surface area contributed by atoms with Crippen molar-refractivity contribution in [2.75, 3.05) is 25.5 Å². The van der Waals surface area contributed by atoms with Gasteiger partial charge in [-0.3, -0.25) is 4.90 Å². The molecule has 0 unspecified atom stereocenters. The number of aromatic nitrogens is 2. The molecule has 3 rings (SSSR count). The van der Waals surface area contributed by atoms with Crippen LogP contribution in [0.25, 0.3) is 11.3 Å². The molecule has 1 saturated heterocycles. The number of phenolic OH excluding ortho intramolecular Hbond substituents is 1. The predicted octanol–water partition coefficient (Wildman–Crippen LogP) is 2.91. The van der Waals surface area contributed by atoms with Gasteiger partial charge in [0.15, 0.2) is 0 Å². The van der Waals surface area contributed by atoms with E-state index in [-0.39, 0.29) is 24.8 Å². The van der Waals surface area contributed by atoms with Crippen molar-refractivity contribution in [3.63, 3.8) is 0 Å². The van der Waals surface area contributed by atoms with Crippen LogP contribution in [-0.2, 0) is 0 Å². The Morgan fingerprint density at radius 1 is 1.29 bits per heavy atom. The lowest BCUT2D eigenvalue weighted by atomic mass is 10.0. The number of anilines is 1. The number of nitrogens with zero attached hydrogens (tertiary/aromatic N) is 3. The number of aryl methyl sites for hydroxylation is 1. The summed E-state index contributed by atoms with van der Waals surface area (Å²) >= 11 is 0. The molecule has 0 aliphatic carbocycles. The summed E-state index contributed by atoms with van der Waals surface area (Å²) in [7, 11) is 1.68. The van der Waals surface area contributed by atoms with Crippen molar-refractivity contribution in [3.8, 4) is 17.0 Å². The Balaban J connectivity index is 1.79. The highest BCUT2D eigenvalue weighted by atomic mass is 19.3. The molecular formula is C17H20F2N4O. The van der Waals surface area contributed by atoms with Crippen molar-refractivity contribution in [1.82, 2.24) is 15.1 Å². The average Bonchev–Trinajstić information content (AvgIpc) is 2.46. The number of nitrogens with one attached hydrogen (secondary N) is 1. The van der Waals surface area contributed by atoms with Crippen molar-refractivity contribution in [2.45, 2.75) is 25.3 Å². The van der Waals surface area contributed by atoms with Crippen LogP contribution in [0, 0.1) is 6.92 Å². The zero-order chi connectivity index (χ0) is 17.3. The van der Waals surface area contributed by atoms with E-state index in [1.807, 2.05) is 13.0 Å². The van der Waals surface area contributed by atoms with Gasteiger partial charge in [-0.25, -0.2) is 8.78 Å². The summed E-state index contributed by atoms with van der Waals surface area (Å²) in [4.78, 5) is 1.61. The van der Waals surface area contributed by atoms with Gasteiger partial charge < -0.3 is 10.4 Å². The molecule has 0 amide bonds. The Morgan fingerprint density at radius 2 is 2.04 bits per heavy atom. The lowest BCUT2D eigenvalue weighted by molar-refractivity contribution is -0.0611. The number of halogens is 2. The molecule has 1 atom stereocenters. The van der Waals surface area contributed by atoms with Crippen LogP contribution < -0.4 is 5.32 Å². The Kier molecular flexibility index (Phi) is 4.36. The highest BCUT2D eigenvalue weighted by Gasteiger charge is 2.39. The molecule has 1 aliphatic heterocycles. The van der Waals surface area contributed by atoms with Crippen molar-refractivity contribution >= 4 is 5.82 Å². The third-order valence-electron chi connectivity index (χ3n) is 4.07. The van der Waals surface area contributed by atoms with Gasteiger partial charge in [-0.1, -0.05) is 12.1 Å². The first-order valence-corrected chi connectivity index (χ1v) is 7.80. The summed E-state index contributed by atoms with van der Waals surface area (Å²) in [5.74, 6) is -2.12. The number of aromatic hydroxyl groups is 1. The van der Waals surface area contributed by atoms with E-state index in [1.165, 1.54) is 0 Å². The number of hydrogen-bond acceptors (Lipinski definition) is 5. The quantitative estimate of drug-likeness (QED) is 0.904. The topological polar surface area (TPSA) is 61.3 Å². The van der Waals surface area contributed by atoms with Gasteiger partial charge in [0.2, 0.25) is 0 Å². The molecule has 5 nitrogen and oxygen atoms in total. The van der Waals surface area contributed by atoms with Crippen LogP contribution in [0.5, 0.6) is 5.75 Å². The van der Waals surface area contributed by atoms with Crippen LogP contribution in [0.2, 0.25) is 0 Å². The number of likely N-dealkylation sites (N-methyl/N-ethyl adjacent to an activating group) is 1. The number of para-hydroxylation sites is 1. The lowest BCUT2D eigenvalue weighted by Crippen LogP contribution is -2.50. The summed E-state index contributed by atoms with van der Waals surface area (Å²) in [6.45, 7) is 2.16. The van der Waals surface area contributed by atoms with Gasteiger partial charge in [0.25, 0.3) is 5.92 Å². The van der Waals surface area contributed by atoms with Crippen LogP contribution in [0.1, 0.15) is 12.0 Å². The van der Waals surface area contributed by atoms with Crippen LogP contribution in [0.3, 0.4) is 0 Å². The summed E-state index contributed by atoms with van der Waals surface area (Å²) in [6.07, 6.45) is -0.223. The van der Waals surface area contributed by atoms with E-state index in [0.717, 1.165) is 5.56 Å². The normalized spacial score (nSPS) is 20.8. The van der Waals surface area contributed by atoms with Crippen molar-refractivity contribution in [1.29, 1.82) is 0 Å². The Bertz CT molecular complexity index is 738. The van der Waals surface area contributed by atoms with Gasteiger partial charge in [0.05, 0.1) is 12.2 Å². The van der Waals surface area contributed by atoms with Gasteiger partial charge in [0.1, 0.15) is 11.6 Å². The zero-order valence-corrected chi connectivity index (χ0v) is 13.6. The Morgan fingerprint density at radius 3 is 2.71 bits per heavy atom. The summed E-state index contributed by atoms with van der Waals surface area (Å²) < 4.78 is 27.3. The number of hydrogen-bond donors (Lipinski definition) is 2. The number of piperidine rings is 1. The largest absolute Gasteiger partial charge is 0.507 e. The van der Waals surface area contributed by atoms with Gasteiger partial charge >= 0.3 is 0 Å². The van der Waals surface area contributed by atoms with E-state index >= 15 is 0 Å². The number of rotatable bonds is 3. The monoisotopic (exact) mass is 334 g/mol. The third kappa shape index (κ3) is 3.62. The van der Waals surface area contributed by atoms with Gasteiger partial charge in [-0.05, 0) is 37.7 Å². The smallest absolute Gasteiger partial charge is 0.262 e.